The minimum atomic E-state index is -3.98. The number of hydrogen-bond acceptors (Lipinski definition) is 10. The summed E-state index contributed by atoms with van der Waals surface area (Å²) in [5, 5.41) is 12.6. The van der Waals surface area contributed by atoms with Crippen LogP contribution in [0, 0.1) is 0 Å². The first kappa shape index (κ1) is 26.6. The highest BCUT2D eigenvalue weighted by molar-refractivity contribution is 7.91. The van der Waals surface area contributed by atoms with Crippen LogP contribution in [0.3, 0.4) is 0 Å². The predicted octanol–water partition coefficient (Wildman–Crippen LogP) is 3.41. The summed E-state index contributed by atoms with van der Waals surface area (Å²) in [6.45, 7) is 6.91. The minimum absolute atomic E-state index is 0.175. The fourth-order valence-electron chi connectivity index (χ4n) is 4.40. The standard InChI is InChI=1S/C24H30ClN9O2S2/c1-32-10-12-33(13-11-32)9-3-8-26-22-14-19(25)7-6-18(22)15-27-21-4-2-5-23-20(21)16-29-34(23)38(35,36)31-24-28-17-30-37-24/h2,4-7,14,16-17,26-27H,3,8-13,15H2,1H3,(H,28,30,31). The Hall–Kier alpha value is -2.97. The molecule has 14 heteroatoms. The lowest BCUT2D eigenvalue weighted by atomic mass is 10.1. The fraction of sp³-hybridized carbons (Fsp3) is 0.375. The summed E-state index contributed by atoms with van der Waals surface area (Å²) in [4.78, 5) is 8.75. The van der Waals surface area contributed by atoms with Crippen LogP contribution >= 0.6 is 23.1 Å². The van der Waals surface area contributed by atoms with Gasteiger partial charge in [-0.05, 0) is 49.8 Å². The Balaban J connectivity index is 1.24. The molecule has 3 heterocycles. The molecule has 0 spiro atoms. The maximum atomic E-state index is 12.9. The number of nitrogens with zero attached hydrogens (tertiary/aromatic N) is 6. The van der Waals surface area contributed by atoms with Crippen molar-refractivity contribution in [2.75, 3.05) is 61.7 Å². The van der Waals surface area contributed by atoms with Crippen molar-refractivity contribution in [3.8, 4) is 0 Å². The molecule has 1 aliphatic heterocycles. The first-order valence-corrected chi connectivity index (χ1v) is 14.9. The zero-order valence-electron chi connectivity index (χ0n) is 21.0. The van der Waals surface area contributed by atoms with E-state index in [0.29, 0.717) is 22.5 Å². The molecule has 5 rings (SSSR count). The van der Waals surface area contributed by atoms with Crippen molar-refractivity contribution in [2.45, 2.75) is 13.0 Å². The fourth-order valence-corrected chi connectivity index (χ4v) is 6.27. The lowest BCUT2D eigenvalue weighted by Gasteiger charge is -2.32. The van der Waals surface area contributed by atoms with Gasteiger partial charge in [0.1, 0.15) is 6.33 Å². The Morgan fingerprint density at radius 1 is 1.08 bits per heavy atom. The largest absolute Gasteiger partial charge is 0.385 e. The van der Waals surface area contributed by atoms with E-state index in [1.807, 2.05) is 24.3 Å². The Labute approximate surface area is 231 Å². The molecule has 0 saturated carbocycles. The summed E-state index contributed by atoms with van der Waals surface area (Å²) in [5.41, 5.74) is 3.26. The second-order valence-corrected chi connectivity index (χ2v) is 11.9. The maximum Gasteiger partial charge on any atom is 0.345 e. The molecule has 1 aliphatic rings. The van der Waals surface area contributed by atoms with E-state index < -0.39 is 10.2 Å². The Bertz CT molecular complexity index is 1470. The summed E-state index contributed by atoms with van der Waals surface area (Å²) >= 11 is 7.26. The highest BCUT2D eigenvalue weighted by Crippen LogP contribution is 2.27. The number of fused-ring (bicyclic) bond motifs is 1. The number of aromatic nitrogens is 4. The quantitative estimate of drug-likeness (QED) is 0.231. The van der Waals surface area contributed by atoms with Crippen LogP contribution in [0.1, 0.15) is 12.0 Å². The number of hydrogen-bond donors (Lipinski definition) is 3. The van der Waals surface area contributed by atoms with E-state index in [4.69, 9.17) is 11.6 Å². The van der Waals surface area contributed by atoms with E-state index in [2.05, 4.69) is 46.7 Å². The topological polar surface area (TPSA) is 120 Å². The number of nitrogens with one attached hydrogen (secondary N) is 3. The van der Waals surface area contributed by atoms with E-state index in [1.54, 1.807) is 12.1 Å². The third-order valence-corrected chi connectivity index (χ3v) is 8.63. The lowest BCUT2D eigenvalue weighted by Crippen LogP contribution is -2.44. The van der Waals surface area contributed by atoms with Crippen LogP contribution in [0.15, 0.2) is 48.9 Å². The number of likely N-dealkylation sites (N-methyl/N-ethyl adjacent to an activating group) is 1. The molecule has 1 saturated heterocycles. The number of rotatable bonds is 11. The molecule has 2 aromatic heterocycles. The molecule has 202 valence electrons. The Morgan fingerprint density at radius 2 is 1.92 bits per heavy atom. The van der Waals surface area contributed by atoms with Crippen LogP contribution in [0.25, 0.3) is 10.9 Å². The first-order valence-electron chi connectivity index (χ1n) is 12.3. The van der Waals surface area contributed by atoms with Crippen molar-refractivity contribution in [3.05, 3.63) is 59.5 Å². The van der Waals surface area contributed by atoms with Crippen LogP contribution in [0.4, 0.5) is 16.5 Å². The predicted molar refractivity (Wildman–Crippen MR) is 153 cm³/mol. The normalized spacial score (nSPS) is 15.1. The molecule has 38 heavy (non-hydrogen) atoms. The van der Waals surface area contributed by atoms with Gasteiger partial charge in [-0.25, -0.2) is 9.71 Å². The van der Waals surface area contributed by atoms with E-state index in [-0.39, 0.29) is 5.13 Å². The second-order valence-electron chi connectivity index (χ2n) is 9.16. The summed E-state index contributed by atoms with van der Waals surface area (Å²) in [6.07, 6.45) is 3.87. The van der Waals surface area contributed by atoms with Gasteiger partial charge in [0, 0.05) is 72.6 Å². The van der Waals surface area contributed by atoms with Crippen LogP contribution in [-0.4, -0.2) is 83.1 Å². The second kappa shape index (κ2) is 11.8. The third kappa shape index (κ3) is 6.35. The van der Waals surface area contributed by atoms with Gasteiger partial charge in [-0.1, -0.05) is 23.7 Å². The molecular formula is C24H30ClN9O2S2. The number of benzene rings is 2. The number of halogens is 1. The summed E-state index contributed by atoms with van der Waals surface area (Å²) in [6, 6.07) is 11.2. The molecule has 3 N–H and O–H groups in total. The van der Waals surface area contributed by atoms with Crippen molar-refractivity contribution in [3.63, 3.8) is 0 Å². The van der Waals surface area contributed by atoms with Gasteiger partial charge < -0.3 is 20.4 Å². The highest BCUT2D eigenvalue weighted by Gasteiger charge is 2.20. The molecule has 0 aliphatic carbocycles. The minimum Gasteiger partial charge on any atom is -0.385 e. The van der Waals surface area contributed by atoms with Crippen LogP contribution < -0.4 is 15.4 Å². The van der Waals surface area contributed by atoms with Gasteiger partial charge in [-0.2, -0.15) is 17.9 Å². The van der Waals surface area contributed by atoms with Crippen LogP contribution in [-0.2, 0) is 16.8 Å². The van der Waals surface area contributed by atoms with Crippen LogP contribution in [0.5, 0.6) is 0 Å². The van der Waals surface area contributed by atoms with E-state index in [0.717, 1.165) is 78.2 Å². The molecule has 11 nitrogen and oxygen atoms in total. The number of piperazine rings is 1. The molecule has 1 fully saturated rings. The van der Waals surface area contributed by atoms with Crippen molar-refractivity contribution in [1.29, 1.82) is 0 Å². The molecule has 2 aromatic carbocycles. The van der Waals surface area contributed by atoms with Gasteiger partial charge in [0.25, 0.3) is 0 Å². The monoisotopic (exact) mass is 575 g/mol. The van der Waals surface area contributed by atoms with Gasteiger partial charge in [0.15, 0.2) is 0 Å². The van der Waals surface area contributed by atoms with Gasteiger partial charge in [-0.3, -0.25) is 0 Å². The molecule has 0 radical (unpaired) electrons. The molecule has 4 aromatic rings. The molecule has 0 amide bonds. The zero-order chi connectivity index (χ0) is 26.5. The maximum absolute atomic E-state index is 12.9. The van der Waals surface area contributed by atoms with Crippen molar-refractivity contribution >= 4 is 60.8 Å². The summed E-state index contributed by atoms with van der Waals surface area (Å²) in [5.74, 6) is 0. The smallest absolute Gasteiger partial charge is 0.345 e. The highest BCUT2D eigenvalue weighted by atomic mass is 35.5. The van der Waals surface area contributed by atoms with Gasteiger partial charge in [0.2, 0.25) is 5.13 Å². The van der Waals surface area contributed by atoms with E-state index >= 15 is 0 Å². The molecular weight excluding hydrogens is 546 g/mol. The van der Waals surface area contributed by atoms with Crippen molar-refractivity contribution in [1.82, 2.24) is 28.3 Å². The zero-order valence-corrected chi connectivity index (χ0v) is 23.4. The van der Waals surface area contributed by atoms with Crippen molar-refractivity contribution in [2.24, 2.45) is 0 Å². The number of anilines is 3. The van der Waals surface area contributed by atoms with Crippen molar-refractivity contribution < 1.29 is 8.42 Å². The third-order valence-electron chi connectivity index (χ3n) is 6.49. The Kier molecular flexibility index (Phi) is 8.29. The average Bonchev–Trinajstić information content (AvgIpc) is 3.57. The summed E-state index contributed by atoms with van der Waals surface area (Å²) in [7, 11) is -1.81. The lowest BCUT2D eigenvalue weighted by molar-refractivity contribution is 0.154. The average molecular weight is 576 g/mol. The summed E-state index contributed by atoms with van der Waals surface area (Å²) < 4.78 is 32.9. The molecule has 0 unspecified atom stereocenters. The van der Waals surface area contributed by atoms with E-state index in [1.165, 1.54) is 12.5 Å². The van der Waals surface area contributed by atoms with Crippen LogP contribution in [0.2, 0.25) is 5.02 Å². The first-order chi connectivity index (χ1) is 18.4. The Morgan fingerprint density at radius 3 is 2.71 bits per heavy atom. The van der Waals surface area contributed by atoms with Gasteiger partial charge in [0.05, 0.1) is 11.7 Å². The van der Waals surface area contributed by atoms with Gasteiger partial charge >= 0.3 is 10.2 Å². The SMILES string of the molecule is CN1CCN(CCCNc2cc(Cl)ccc2CNc2cccc3c2cnn3S(=O)(=O)Nc2ncns2)CC1. The molecule has 0 bridgehead atoms. The van der Waals surface area contributed by atoms with Gasteiger partial charge in [-0.15, -0.1) is 4.09 Å². The molecule has 0 atom stereocenters. The van der Waals surface area contributed by atoms with E-state index in [9.17, 15) is 8.42 Å².